The number of rotatable bonds is 4. The molecule has 3 heterocycles. The van der Waals surface area contributed by atoms with Crippen molar-refractivity contribution < 1.29 is 9.63 Å². The van der Waals surface area contributed by atoms with Crippen LogP contribution < -0.4 is 0 Å². The minimum Gasteiger partial charge on any atom is -0.388 e. The second-order valence-electron chi connectivity index (χ2n) is 8.38. The molecule has 7 heteroatoms. The largest absolute Gasteiger partial charge is 0.388 e. The Balaban J connectivity index is 1.72. The van der Waals surface area contributed by atoms with E-state index in [1.807, 2.05) is 11.7 Å². The summed E-state index contributed by atoms with van der Waals surface area (Å²) in [5.41, 5.74) is 1.54. The van der Waals surface area contributed by atoms with Crippen molar-refractivity contribution in [3.63, 3.8) is 0 Å². The average molecular weight is 347 g/mol. The monoisotopic (exact) mass is 347 g/mol. The number of hydrogen-bond acceptors (Lipinski definition) is 6. The number of hydrogen-bond donors (Lipinski definition) is 1. The Bertz CT molecular complexity index is 730. The summed E-state index contributed by atoms with van der Waals surface area (Å²) >= 11 is 0. The highest BCUT2D eigenvalue weighted by Crippen LogP contribution is 2.29. The van der Waals surface area contributed by atoms with Crippen LogP contribution in [0.4, 0.5) is 0 Å². The molecule has 2 aromatic rings. The van der Waals surface area contributed by atoms with Crippen LogP contribution >= 0.6 is 0 Å². The van der Waals surface area contributed by atoms with Gasteiger partial charge in [0, 0.05) is 37.3 Å². The van der Waals surface area contributed by atoms with E-state index in [1.165, 1.54) is 5.56 Å². The SMILES string of the molecule is Cc1noc(CC2(O)CCCN(Cc3cn(C)nc3C(C)(C)C)C2)n1. The molecule has 1 saturated heterocycles. The van der Waals surface area contributed by atoms with Crippen molar-refractivity contribution in [2.24, 2.45) is 7.05 Å². The molecule has 0 amide bonds. The van der Waals surface area contributed by atoms with Gasteiger partial charge in [-0.05, 0) is 26.3 Å². The minimum absolute atomic E-state index is 0.00394. The third kappa shape index (κ3) is 4.27. The summed E-state index contributed by atoms with van der Waals surface area (Å²) in [6.45, 7) is 10.7. The van der Waals surface area contributed by atoms with E-state index in [0.717, 1.165) is 31.6 Å². The number of likely N-dealkylation sites (tertiary alicyclic amines) is 1. The molecule has 0 aromatic carbocycles. The fourth-order valence-corrected chi connectivity index (χ4v) is 3.70. The highest BCUT2D eigenvalue weighted by atomic mass is 16.5. The maximum Gasteiger partial charge on any atom is 0.229 e. The van der Waals surface area contributed by atoms with Crippen molar-refractivity contribution in [2.45, 2.75) is 64.5 Å². The van der Waals surface area contributed by atoms with Crippen LogP contribution in [0.25, 0.3) is 0 Å². The molecule has 25 heavy (non-hydrogen) atoms. The lowest BCUT2D eigenvalue weighted by Crippen LogP contribution is -2.49. The van der Waals surface area contributed by atoms with Crippen LogP contribution in [0.15, 0.2) is 10.7 Å². The normalized spacial score (nSPS) is 22.5. The van der Waals surface area contributed by atoms with Crippen LogP contribution in [0, 0.1) is 6.92 Å². The third-order valence-corrected chi connectivity index (χ3v) is 4.69. The van der Waals surface area contributed by atoms with Gasteiger partial charge in [0.05, 0.1) is 17.7 Å². The van der Waals surface area contributed by atoms with Crippen molar-refractivity contribution >= 4 is 0 Å². The summed E-state index contributed by atoms with van der Waals surface area (Å²) < 4.78 is 7.08. The summed E-state index contributed by atoms with van der Waals surface area (Å²) in [6.07, 6.45) is 4.21. The summed E-state index contributed by atoms with van der Waals surface area (Å²) in [5, 5.41) is 19.5. The number of nitrogens with zero attached hydrogens (tertiary/aromatic N) is 5. The molecule has 0 bridgehead atoms. The van der Waals surface area contributed by atoms with E-state index in [4.69, 9.17) is 4.52 Å². The van der Waals surface area contributed by atoms with E-state index in [2.05, 4.69) is 47.1 Å². The molecule has 7 nitrogen and oxygen atoms in total. The number of piperidine rings is 1. The first-order valence-electron chi connectivity index (χ1n) is 8.92. The lowest BCUT2D eigenvalue weighted by molar-refractivity contribution is -0.0374. The molecule has 0 aliphatic carbocycles. The van der Waals surface area contributed by atoms with Gasteiger partial charge in [-0.15, -0.1) is 0 Å². The lowest BCUT2D eigenvalue weighted by atomic mass is 9.87. The number of aliphatic hydroxyl groups is 1. The number of aryl methyl sites for hydroxylation is 2. The Morgan fingerprint density at radius 1 is 1.36 bits per heavy atom. The fourth-order valence-electron chi connectivity index (χ4n) is 3.70. The Kier molecular flexibility index (Phi) is 4.72. The minimum atomic E-state index is -0.818. The zero-order valence-electron chi connectivity index (χ0n) is 15.9. The lowest BCUT2D eigenvalue weighted by Gasteiger charge is -2.38. The second-order valence-corrected chi connectivity index (χ2v) is 8.38. The average Bonchev–Trinajstić information content (AvgIpc) is 3.04. The molecule has 2 aromatic heterocycles. The van der Waals surface area contributed by atoms with E-state index in [-0.39, 0.29) is 5.41 Å². The van der Waals surface area contributed by atoms with Gasteiger partial charge in [-0.3, -0.25) is 9.58 Å². The van der Waals surface area contributed by atoms with Gasteiger partial charge in [0.2, 0.25) is 5.89 Å². The summed E-state index contributed by atoms with van der Waals surface area (Å²) in [5.74, 6) is 1.12. The molecule has 0 saturated carbocycles. The van der Waals surface area contributed by atoms with Crippen LogP contribution in [0.1, 0.15) is 56.6 Å². The molecule has 0 radical (unpaired) electrons. The molecule has 0 spiro atoms. The maximum absolute atomic E-state index is 11.0. The standard InChI is InChI=1S/C18H29N5O2/c1-13-19-15(25-21-13)9-18(24)7-6-8-23(12-18)11-14-10-22(5)20-16(14)17(2,3)4/h10,24H,6-9,11-12H2,1-5H3. The third-order valence-electron chi connectivity index (χ3n) is 4.69. The highest BCUT2D eigenvalue weighted by molar-refractivity contribution is 5.24. The summed E-state index contributed by atoms with van der Waals surface area (Å²) in [4.78, 5) is 6.54. The number of aromatic nitrogens is 4. The smallest absolute Gasteiger partial charge is 0.229 e. The van der Waals surface area contributed by atoms with Gasteiger partial charge >= 0.3 is 0 Å². The highest BCUT2D eigenvalue weighted by Gasteiger charge is 2.36. The Labute approximate surface area is 149 Å². The molecule has 3 rings (SSSR count). The fraction of sp³-hybridized carbons (Fsp3) is 0.722. The van der Waals surface area contributed by atoms with Gasteiger partial charge < -0.3 is 9.63 Å². The molecule has 138 valence electrons. The first-order valence-corrected chi connectivity index (χ1v) is 8.92. The summed E-state index contributed by atoms with van der Waals surface area (Å²) in [6, 6.07) is 0. The molecular formula is C18H29N5O2. The molecule has 1 unspecified atom stereocenters. The van der Waals surface area contributed by atoms with Crippen LogP contribution in [0.2, 0.25) is 0 Å². The summed E-state index contributed by atoms with van der Waals surface area (Å²) in [7, 11) is 1.96. The zero-order chi connectivity index (χ0) is 18.2. The van der Waals surface area contributed by atoms with Crippen molar-refractivity contribution in [3.05, 3.63) is 29.2 Å². The van der Waals surface area contributed by atoms with Crippen molar-refractivity contribution in [2.75, 3.05) is 13.1 Å². The van der Waals surface area contributed by atoms with E-state index in [9.17, 15) is 5.11 Å². The van der Waals surface area contributed by atoms with E-state index in [0.29, 0.717) is 24.7 Å². The quantitative estimate of drug-likeness (QED) is 0.911. The van der Waals surface area contributed by atoms with E-state index in [1.54, 1.807) is 6.92 Å². The first kappa shape index (κ1) is 18.1. The van der Waals surface area contributed by atoms with Gasteiger partial charge in [-0.1, -0.05) is 25.9 Å². The van der Waals surface area contributed by atoms with Gasteiger partial charge in [-0.25, -0.2) is 0 Å². The molecule has 1 fully saturated rings. The molecule has 1 N–H and O–H groups in total. The van der Waals surface area contributed by atoms with Crippen molar-refractivity contribution in [1.82, 2.24) is 24.8 Å². The van der Waals surface area contributed by atoms with Gasteiger partial charge in [0.25, 0.3) is 0 Å². The molecule has 1 aliphatic rings. The maximum atomic E-state index is 11.0. The van der Waals surface area contributed by atoms with Crippen LogP contribution in [-0.2, 0) is 25.4 Å². The first-order chi connectivity index (χ1) is 11.6. The molecular weight excluding hydrogens is 318 g/mol. The van der Waals surface area contributed by atoms with Crippen LogP contribution in [0.5, 0.6) is 0 Å². The second kappa shape index (κ2) is 6.53. The molecule has 1 aliphatic heterocycles. The topological polar surface area (TPSA) is 80.2 Å². The van der Waals surface area contributed by atoms with Crippen molar-refractivity contribution in [3.8, 4) is 0 Å². The van der Waals surface area contributed by atoms with Crippen LogP contribution in [-0.4, -0.2) is 48.6 Å². The van der Waals surface area contributed by atoms with Gasteiger partial charge in [-0.2, -0.15) is 10.1 Å². The number of β-amino-alcohol motifs (C(OH)–C–C–N with tert-alkyl or cyclic N) is 1. The van der Waals surface area contributed by atoms with Gasteiger partial charge in [0.15, 0.2) is 5.82 Å². The van der Waals surface area contributed by atoms with E-state index < -0.39 is 5.60 Å². The van der Waals surface area contributed by atoms with Gasteiger partial charge in [0.1, 0.15) is 0 Å². The van der Waals surface area contributed by atoms with Crippen LogP contribution in [0.3, 0.4) is 0 Å². The van der Waals surface area contributed by atoms with E-state index >= 15 is 0 Å². The Morgan fingerprint density at radius 3 is 2.76 bits per heavy atom. The Morgan fingerprint density at radius 2 is 2.12 bits per heavy atom. The predicted octanol–water partition coefficient (Wildman–Crippen LogP) is 1.98. The predicted molar refractivity (Wildman–Crippen MR) is 94.1 cm³/mol. The molecule has 1 atom stereocenters. The Hall–Kier alpha value is -1.73. The van der Waals surface area contributed by atoms with Crippen molar-refractivity contribution in [1.29, 1.82) is 0 Å². The zero-order valence-corrected chi connectivity index (χ0v) is 15.9.